The van der Waals surface area contributed by atoms with Crippen molar-refractivity contribution in [3.63, 3.8) is 0 Å². The maximum Gasteiger partial charge on any atom is 0.426 e. The number of hydrogen-bond acceptors (Lipinski definition) is 4. The van der Waals surface area contributed by atoms with Gasteiger partial charge in [0.2, 0.25) is 5.91 Å². The molecule has 1 N–H and O–H groups in total. The van der Waals surface area contributed by atoms with Crippen LogP contribution < -0.4 is 0 Å². The lowest BCUT2D eigenvalue weighted by molar-refractivity contribution is -0.155. The number of halogens is 1. The summed E-state index contributed by atoms with van der Waals surface area (Å²) >= 11 is 5.91. The van der Waals surface area contributed by atoms with Crippen LogP contribution in [0.15, 0.2) is 24.3 Å². The maximum absolute atomic E-state index is 12.9. The number of carbonyl (C=O) groups is 2. The van der Waals surface area contributed by atoms with Gasteiger partial charge < -0.3 is 5.11 Å². The molecule has 2 heterocycles. The van der Waals surface area contributed by atoms with E-state index >= 15 is 0 Å². The standard InChI is InChI=1S/C18H22ClN5O3/c1-3-14-5-4-10-23(18(26)27)24(14)16(25)11-15-20-17(21-22(15)2)12-6-8-13(19)9-7-12/h6-9,14H,3-5,10-11H2,1-2H3,(H,26,27). The van der Waals surface area contributed by atoms with Crippen LogP contribution in [0.3, 0.4) is 0 Å². The highest BCUT2D eigenvalue weighted by Crippen LogP contribution is 2.23. The van der Waals surface area contributed by atoms with Gasteiger partial charge in [-0.15, -0.1) is 0 Å². The second-order valence-electron chi connectivity index (χ2n) is 6.51. The third-order valence-corrected chi connectivity index (χ3v) is 4.98. The molecule has 1 aromatic heterocycles. The highest BCUT2D eigenvalue weighted by Gasteiger charge is 2.35. The first-order chi connectivity index (χ1) is 12.9. The number of benzene rings is 1. The molecule has 0 spiro atoms. The number of nitrogens with zero attached hydrogens (tertiary/aromatic N) is 5. The number of hydrazine groups is 1. The first-order valence-corrected chi connectivity index (χ1v) is 9.26. The molecule has 3 rings (SSSR count). The molecule has 1 unspecified atom stereocenters. The van der Waals surface area contributed by atoms with Crippen LogP contribution >= 0.6 is 11.6 Å². The van der Waals surface area contributed by atoms with Crippen molar-refractivity contribution in [2.24, 2.45) is 7.05 Å². The molecule has 0 saturated carbocycles. The van der Waals surface area contributed by atoms with Crippen molar-refractivity contribution in [3.05, 3.63) is 35.1 Å². The summed E-state index contributed by atoms with van der Waals surface area (Å²) in [7, 11) is 1.72. The highest BCUT2D eigenvalue weighted by molar-refractivity contribution is 6.30. The molecule has 1 aromatic carbocycles. The minimum atomic E-state index is -1.11. The number of rotatable bonds is 4. The Labute approximate surface area is 162 Å². The number of aromatic nitrogens is 3. The van der Waals surface area contributed by atoms with Crippen molar-refractivity contribution in [3.8, 4) is 11.4 Å². The Hall–Kier alpha value is -2.61. The van der Waals surface area contributed by atoms with E-state index in [0.29, 0.717) is 29.6 Å². The van der Waals surface area contributed by atoms with Crippen molar-refractivity contribution in [2.45, 2.75) is 38.6 Å². The summed E-state index contributed by atoms with van der Waals surface area (Å²) in [5.74, 6) is 0.690. The highest BCUT2D eigenvalue weighted by atomic mass is 35.5. The van der Waals surface area contributed by atoms with E-state index < -0.39 is 6.09 Å². The van der Waals surface area contributed by atoms with Crippen LogP contribution in [0.1, 0.15) is 32.0 Å². The molecule has 27 heavy (non-hydrogen) atoms. The summed E-state index contributed by atoms with van der Waals surface area (Å²) in [5.41, 5.74) is 0.797. The molecule has 1 aliphatic rings. The zero-order chi connectivity index (χ0) is 19.6. The van der Waals surface area contributed by atoms with Crippen LogP contribution in [0, 0.1) is 0 Å². The summed E-state index contributed by atoms with van der Waals surface area (Å²) in [5, 5.41) is 16.9. The van der Waals surface area contributed by atoms with Crippen LogP contribution in [0.2, 0.25) is 5.02 Å². The van der Waals surface area contributed by atoms with Gasteiger partial charge in [-0.2, -0.15) is 5.10 Å². The Bertz CT molecular complexity index is 836. The average Bonchev–Trinajstić information content (AvgIpc) is 3.01. The third kappa shape index (κ3) is 4.05. The molecule has 1 saturated heterocycles. The molecule has 1 atom stereocenters. The van der Waals surface area contributed by atoms with Crippen LogP contribution in [0.4, 0.5) is 4.79 Å². The summed E-state index contributed by atoms with van der Waals surface area (Å²) in [4.78, 5) is 28.9. The summed E-state index contributed by atoms with van der Waals surface area (Å²) in [6, 6.07) is 7.01. The van der Waals surface area contributed by atoms with Crippen molar-refractivity contribution in [1.29, 1.82) is 0 Å². The van der Waals surface area contributed by atoms with Crippen LogP contribution in [0.5, 0.6) is 0 Å². The third-order valence-electron chi connectivity index (χ3n) is 4.73. The lowest BCUT2D eigenvalue weighted by Crippen LogP contribution is -2.57. The van der Waals surface area contributed by atoms with Crippen molar-refractivity contribution in [2.75, 3.05) is 6.54 Å². The number of carbonyl (C=O) groups excluding carboxylic acids is 1. The summed E-state index contributed by atoms with van der Waals surface area (Å²) in [6.45, 7) is 2.28. The molecule has 1 fully saturated rings. The first kappa shape index (κ1) is 19.2. The Morgan fingerprint density at radius 1 is 1.30 bits per heavy atom. The van der Waals surface area contributed by atoms with E-state index in [1.165, 1.54) is 5.01 Å². The van der Waals surface area contributed by atoms with E-state index in [-0.39, 0.29) is 18.4 Å². The topological polar surface area (TPSA) is 91.6 Å². The van der Waals surface area contributed by atoms with Crippen LogP contribution in [-0.2, 0) is 18.3 Å². The van der Waals surface area contributed by atoms with E-state index in [4.69, 9.17) is 11.6 Å². The zero-order valence-corrected chi connectivity index (χ0v) is 16.1. The molecule has 144 valence electrons. The van der Waals surface area contributed by atoms with Gasteiger partial charge in [0.05, 0.1) is 12.5 Å². The van der Waals surface area contributed by atoms with Gasteiger partial charge in [-0.3, -0.25) is 9.48 Å². The molecule has 9 heteroatoms. The largest absolute Gasteiger partial charge is 0.464 e. The van der Waals surface area contributed by atoms with E-state index in [1.807, 2.05) is 19.1 Å². The fraction of sp³-hybridized carbons (Fsp3) is 0.444. The van der Waals surface area contributed by atoms with Gasteiger partial charge in [-0.25, -0.2) is 19.8 Å². The number of aryl methyl sites for hydroxylation is 1. The average molecular weight is 392 g/mol. The molecular formula is C18H22ClN5O3. The monoisotopic (exact) mass is 391 g/mol. The quantitative estimate of drug-likeness (QED) is 0.865. The normalized spacial score (nSPS) is 17.2. The fourth-order valence-corrected chi connectivity index (χ4v) is 3.44. The van der Waals surface area contributed by atoms with Gasteiger partial charge in [-0.05, 0) is 43.5 Å². The van der Waals surface area contributed by atoms with E-state index in [0.717, 1.165) is 23.4 Å². The molecule has 1 aliphatic heterocycles. The first-order valence-electron chi connectivity index (χ1n) is 8.89. The Kier molecular flexibility index (Phi) is 5.65. The predicted octanol–water partition coefficient (Wildman–Crippen LogP) is 2.97. The van der Waals surface area contributed by atoms with Crippen molar-refractivity contribution < 1.29 is 14.7 Å². The van der Waals surface area contributed by atoms with Crippen molar-refractivity contribution >= 4 is 23.6 Å². The Balaban J connectivity index is 1.82. The number of carboxylic acid groups (broad SMARTS) is 1. The van der Waals surface area contributed by atoms with E-state index in [9.17, 15) is 14.7 Å². The molecule has 0 aliphatic carbocycles. The van der Waals surface area contributed by atoms with E-state index in [1.54, 1.807) is 23.9 Å². The SMILES string of the molecule is CCC1CCCN(C(=O)O)N1C(=O)Cc1nc(-c2ccc(Cl)cc2)nn1C. The molecular weight excluding hydrogens is 370 g/mol. The summed E-state index contributed by atoms with van der Waals surface area (Å²) in [6.07, 6.45) is 1.11. The minimum absolute atomic E-state index is 0.0165. The van der Waals surface area contributed by atoms with Gasteiger partial charge in [0, 0.05) is 24.2 Å². The second-order valence-corrected chi connectivity index (χ2v) is 6.94. The molecule has 0 radical (unpaired) electrons. The van der Waals surface area contributed by atoms with Gasteiger partial charge in [0.1, 0.15) is 5.82 Å². The molecule has 2 aromatic rings. The number of hydrogen-bond donors (Lipinski definition) is 1. The minimum Gasteiger partial charge on any atom is -0.464 e. The second kappa shape index (κ2) is 7.96. The van der Waals surface area contributed by atoms with Gasteiger partial charge in [0.15, 0.2) is 5.82 Å². The lowest BCUT2D eigenvalue weighted by atomic mass is 10.1. The van der Waals surface area contributed by atoms with Crippen molar-refractivity contribution in [1.82, 2.24) is 24.8 Å². The fourth-order valence-electron chi connectivity index (χ4n) is 3.32. The smallest absolute Gasteiger partial charge is 0.426 e. The van der Waals surface area contributed by atoms with Gasteiger partial charge in [0.25, 0.3) is 0 Å². The van der Waals surface area contributed by atoms with Crippen LogP contribution in [-0.4, -0.2) is 54.5 Å². The Morgan fingerprint density at radius 3 is 2.63 bits per heavy atom. The Morgan fingerprint density at radius 2 is 2.00 bits per heavy atom. The van der Waals surface area contributed by atoms with E-state index in [2.05, 4.69) is 10.1 Å². The lowest BCUT2D eigenvalue weighted by Gasteiger charge is -2.42. The molecule has 0 bridgehead atoms. The van der Waals surface area contributed by atoms with Gasteiger partial charge >= 0.3 is 6.09 Å². The molecule has 8 nitrogen and oxygen atoms in total. The van der Waals surface area contributed by atoms with Gasteiger partial charge in [-0.1, -0.05) is 18.5 Å². The summed E-state index contributed by atoms with van der Waals surface area (Å²) < 4.78 is 1.55. The molecule has 2 amide bonds. The van der Waals surface area contributed by atoms with Crippen LogP contribution in [0.25, 0.3) is 11.4 Å². The zero-order valence-electron chi connectivity index (χ0n) is 15.3. The maximum atomic E-state index is 12.9. The number of amides is 2. The predicted molar refractivity (Wildman–Crippen MR) is 100 cm³/mol.